The Bertz CT molecular complexity index is 465. The highest BCUT2D eigenvalue weighted by molar-refractivity contribution is 5.61. The van der Waals surface area contributed by atoms with E-state index in [1.54, 1.807) is 0 Å². The molecule has 2 rings (SSSR count). The third-order valence-electron chi connectivity index (χ3n) is 3.93. The van der Waals surface area contributed by atoms with Crippen molar-refractivity contribution in [2.75, 3.05) is 5.32 Å². The van der Waals surface area contributed by atoms with Gasteiger partial charge in [0.25, 0.3) is 5.69 Å². The molecule has 1 aliphatic carbocycles. The molecular formula is C14H19FN2O2. The maximum absolute atomic E-state index is 13.1. The first-order valence-corrected chi connectivity index (χ1v) is 6.82. The number of benzene rings is 1. The smallest absolute Gasteiger partial charge is 0.295 e. The van der Waals surface area contributed by atoms with Gasteiger partial charge in [0.05, 0.1) is 11.0 Å². The molecule has 1 aromatic carbocycles. The van der Waals surface area contributed by atoms with Gasteiger partial charge in [-0.15, -0.1) is 0 Å². The van der Waals surface area contributed by atoms with Crippen LogP contribution < -0.4 is 5.32 Å². The van der Waals surface area contributed by atoms with Crippen LogP contribution in [0.3, 0.4) is 0 Å². The van der Waals surface area contributed by atoms with Gasteiger partial charge in [0, 0.05) is 6.04 Å². The summed E-state index contributed by atoms with van der Waals surface area (Å²) < 4.78 is 13.1. The molecule has 5 heteroatoms. The van der Waals surface area contributed by atoms with Crippen LogP contribution in [-0.2, 0) is 0 Å². The monoisotopic (exact) mass is 266 g/mol. The maximum Gasteiger partial charge on any atom is 0.295 e. The molecule has 1 saturated carbocycles. The Morgan fingerprint density at radius 1 is 1.42 bits per heavy atom. The molecule has 2 unspecified atom stereocenters. The summed E-state index contributed by atoms with van der Waals surface area (Å²) in [5.41, 5.74) is 0.247. The van der Waals surface area contributed by atoms with Crippen LogP contribution in [0.15, 0.2) is 18.2 Å². The van der Waals surface area contributed by atoms with Crippen molar-refractivity contribution >= 4 is 11.4 Å². The summed E-state index contributed by atoms with van der Waals surface area (Å²) in [5.74, 6) is -0.0358. The number of hydrogen-bond donors (Lipinski definition) is 1. The van der Waals surface area contributed by atoms with Crippen molar-refractivity contribution in [3.8, 4) is 0 Å². The van der Waals surface area contributed by atoms with Gasteiger partial charge >= 0.3 is 0 Å². The highest BCUT2D eigenvalue weighted by Gasteiger charge is 2.26. The zero-order valence-corrected chi connectivity index (χ0v) is 11.1. The molecule has 1 aliphatic rings. The minimum Gasteiger partial charge on any atom is -0.376 e. The van der Waals surface area contributed by atoms with E-state index in [0.717, 1.165) is 31.7 Å². The van der Waals surface area contributed by atoms with Crippen LogP contribution in [0.25, 0.3) is 0 Å². The summed E-state index contributed by atoms with van der Waals surface area (Å²) in [6.45, 7) is 2.14. The van der Waals surface area contributed by atoms with Gasteiger partial charge in [-0.1, -0.05) is 26.2 Å². The average molecular weight is 266 g/mol. The van der Waals surface area contributed by atoms with Gasteiger partial charge in [0.1, 0.15) is 11.5 Å². The quantitative estimate of drug-likeness (QED) is 0.659. The zero-order chi connectivity index (χ0) is 13.8. The lowest BCUT2D eigenvalue weighted by Crippen LogP contribution is -2.32. The number of nitro benzene ring substituents is 1. The average Bonchev–Trinajstić information content (AvgIpc) is 2.41. The summed E-state index contributed by atoms with van der Waals surface area (Å²) >= 11 is 0. The molecule has 0 heterocycles. The van der Waals surface area contributed by atoms with E-state index in [1.807, 2.05) is 0 Å². The first-order chi connectivity index (χ1) is 9.11. The summed E-state index contributed by atoms with van der Waals surface area (Å²) in [4.78, 5) is 10.4. The van der Waals surface area contributed by atoms with Crippen LogP contribution in [0.1, 0.15) is 39.0 Å². The van der Waals surface area contributed by atoms with E-state index >= 15 is 0 Å². The fraction of sp³-hybridized carbons (Fsp3) is 0.571. The van der Waals surface area contributed by atoms with Crippen molar-refractivity contribution < 1.29 is 9.31 Å². The molecule has 19 heavy (non-hydrogen) atoms. The minimum absolute atomic E-state index is 0.180. The zero-order valence-electron chi connectivity index (χ0n) is 11.1. The fourth-order valence-electron chi connectivity index (χ4n) is 2.86. The maximum atomic E-state index is 13.1. The Morgan fingerprint density at radius 3 is 2.84 bits per heavy atom. The Morgan fingerprint density at radius 2 is 2.16 bits per heavy atom. The molecule has 1 N–H and O–H groups in total. The van der Waals surface area contributed by atoms with Crippen LogP contribution >= 0.6 is 0 Å². The molecule has 1 fully saturated rings. The Balaban J connectivity index is 2.20. The normalized spacial score (nSPS) is 23.1. The standard InChI is InChI=1S/C14H19FN2O2/c1-2-10-5-3-4-6-12(10)16-13-8-7-11(15)9-14(13)17(18)19/h7-10,12,16H,2-6H2,1H3. The summed E-state index contributed by atoms with van der Waals surface area (Å²) in [6, 6.07) is 3.96. The number of rotatable bonds is 4. The lowest BCUT2D eigenvalue weighted by Gasteiger charge is -2.32. The second kappa shape index (κ2) is 5.99. The fourth-order valence-corrected chi connectivity index (χ4v) is 2.86. The van der Waals surface area contributed by atoms with Gasteiger partial charge in [-0.25, -0.2) is 4.39 Å². The third-order valence-corrected chi connectivity index (χ3v) is 3.93. The molecule has 0 aromatic heterocycles. The number of nitrogens with one attached hydrogen (secondary N) is 1. The SMILES string of the molecule is CCC1CCCCC1Nc1ccc(F)cc1[N+](=O)[O-]. The van der Waals surface area contributed by atoms with Crippen LogP contribution in [0.4, 0.5) is 15.8 Å². The van der Waals surface area contributed by atoms with E-state index in [1.165, 1.54) is 18.6 Å². The van der Waals surface area contributed by atoms with Crippen molar-refractivity contribution in [1.29, 1.82) is 0 Å². The number of halogens is 1. The summed E-state index contributed by atoms with van der Waals surface area (Å²) in [6.07, 6.45) is 5.61. The van der Waals surface area contributed by atoms with Gasteiger partial charge in [-0.3, -0.25) is 10.1 Å². The van der Waals surface area contributed by atoms with Crippen LogP contribution in [-0.4, -0.2) is 11.0 Å². The minimum atomic E-state index is -0.576. The Kier molecular flexibility index (Phi) is 4.35. The summed E-state index contributed by atoms with van der Waals surface area (Å²) in [5, 5.41) is 14.2. The summed E-state index contributed by atoms with van der Waals surface area (Å²) in [7, 11) is 0. The molecule has 0 bridgehead atoms. The van der Waals surface area contributed by atoms with E-state index in [0.29, 0.717) is 11.6 Å². The van der Waals surface area contributed by atoms with E-state index in [4.69, 9.17) is 0 Å². The van der Waals surface area contributed by atoms with E-state index in [9.17, 15) is 14.5 Å². The van der Waals surface area contributed by atoms with Crippen molar-refractivity contribution in [2.24, 2.45) is 5.92 Å². The second-order valence-electron chi connectivity index (χ2n) is 5.12. The van der Waals surface area contributed by atoms with E-state index < -0.39 is 10.7 Å². The van der Waals surface area contributed by atoms with E-state index in [2.05, 4.69) is 12.2 Å². The molecule has 0 radical (unpaired) electrons. The van der Waals surface area contributed by atoms with Gasteiger partial charge in [0.15, 0.2) is 0 Å². The van der Waals surface area contributed by atoms with Crippen LogP contribution in [0, 0.1) is 21.8 Å². The van der Waals surface area contributed by atoms with Crippen molar-refractivity contribution in [3.05, 3.63) is 34.1 Å². The van der Waals surface area contributed by atoms with Crippen molar-refractivity contribution in [2.45, 2.75) is 45.1 Å². The van der Waals surface area contributed by atoms with Crippen molar-refractivity contribution in [3.63, 3.8) is 0 Å². The number of hydrogen-bond acceptors (Lipinski definition) is 3. The number of nitro groups is 1. The third kappa shape index (κ3) is 3.22. The van der Waals surface area contributed by atoms with Gasteiger partial charge in [-0.05, 0) is 30.9 Å². The molecule has 2 atom stereocenters. The molecule has 0 amide bonds. The lowest BCUT2D eigenvalue weighted by molar-refractivity contribution is -0.384. The molecule has 4 nitrogen and oxygen atoms in total. The largest absolute Gasteiger partial charge is 0.376 e. The molecule has 1 aromatic rings. The first kappa shape index (κ1) is 13.8. The van der Waals surface area contributed by atoms with Crippen LogP contribution in [0.5, 0.6) is 0 Å². The number of anilines is 1. The van der Waals surface area contributed by atoms with Gasteiger partial charge in [-0.2, -0.15) is 0 Å². The van der Waals surface area contributed by atoms with Crippen molar-refractivity contribution in [1.82, 2.24) is 0 Å². The Labute approximate surface area is 112 Å². The molecule has 0 saturated heterocycles. The molecule has 0 aliphatic heterocycles. The van der Waals surface area contributed by atoms with Gasteiger partial charge < -0.3 is 5.32 Å². The lowest BCUT2D eigenvalue weighted by atomic mass is 9.83. The highest BCUT2D eigenvalue weighted by atomic mass is 19.1. The topological polar surface area (TPSA) is 55.2 Å². The predicted octanol–water partition coefficient (Wildman–Crippen LogP) is 4.11. The van der Waals surface area contributed by atoms with Crippen LogP contribution in [0.2, 0.25) is 0 Å². The molecular weight excluding hydrogens is 247 g/mol. The van der Waals surface area contributed by atoms with Gasteiger partial charge in [0.2, 0.25) is 0 Å². The number of nitrogens with zero attached hydrogens (tertiary/aromatic N) is 1. The highest BCUT2D eigenvalue weighted by Crippen LogP contribution is 2.32. The first-order valence-electron chi connectivity index (χ1n) is 6.82. The van der Waals surface area contributed by atoms with E-state index in [-0.39, 0.29) is 11.7 Å². The molecule has 0 spiro atoms. The predicted molar refractivity (Wildman–Crippen MR) is 72.7 cm³/mol. The Hall–Kier alpha value is -1.65. The molecule has 104 valence electrons. The second-order valence-corrected chi connectivity index (χ2v) is 5.12.